The molecule has 5 heteroatoms. The topological polar surface area (TPSA) is 58.6 Å². The van der Waals surface area contributed by atoms with Gasteiger partial charge in [0.25, 0.3) is 11.8 Å². The molecule has 4 rings (SSSR count). The highest BCUT2D eigenvalue weighted by atomic mass is 16.5. The molecule has 1 aliphatic heterocycles. The molecule has 0 fully saturated rings. The number of carbonyl (C=O) groups is 2. The lowest BCUT2D eigenvalue weighted by Gasteiger charge is -2.23. The zero-order chi connectivity index (χ0) is 21.8. The van der Waals surface area contributed by atoms with Gasteiger partial charge in [-0.3, -0.25) is 9.59 Å². The molecule has 158 valence electrons. The van der Waals surface area contributed by atoms with Gasteiger partial charge in [-0.1, -0.05) is 30.3 Å². The number of fused-ring (bicyclic) bond motifs is 1. The van der Waals surface area contributed by atoms with Crippen LogP contribution in [0.5, 0.6) is 5.75 Å². The largest absolute Gasteiger partial charge is 0.494 e. The Morgan fingerprint density at radius 3 is 2.45 bits per heavy atom. The van der Waals surface area contributed by atoms with E-state index in [9.17, 15) is 9.59 Å². The quantitative estimate of drug-likeness (QED) is 0.641. The van der Waals surface area contributed by atoms with Gasteiger partial charge in [0.05, 0.1) is 6.61 Å². The van der Waals surface area contributed by atoms with Gasteiger partial charge in [0.1, 0.15) is 5.75 Å². The maximum Gasteiger partial charge on any atom is 0.258 e. The highest BCUT2D eigenvalue weighted by Crippen LogP contribution is 2.34. The lowest BCUT2D eigenvalue weighted by molar-refractivity contribution is 0.0948. The zero-order valence-electron chi connectivity index (χ0n) is 17.8. The minimum absolute atomic E-state index is 0.00224. The second-order valence-electron chi connectivity index (χ2n) is 7.70. The summed E-state index contributed by atoms with van der Waals surface area (Å²) in [7, 11) is 0. The molecular weight excluding hydrogens is 388 g/mol. The zero-order valence-corrected chi connectivity index (χ0v) is 17.8. The van der Waals surface area contributed by atoms with Crippen LogP contribution in [0.1, 0.15) is 45.7 Å². The summed E-state index contributed by atoms with van der Waals surface area (Å²) in [4.78, 5) is 27.5. The third-order valence-electron chi connectivity index (χ3n) is 5.49. The third-order valence-corrected chi connectivity index (χ3v) is 5.49. The molecule has 0 aliphatic carbocycles. The van der Waals surface area contributed by atoms with Crippen molar-refractivity contribution in [1.29, 1.82) is 0 Å². The summed E-state index contributed by atoms with van der Waals surface area (Å²) in [5, 5.41) is 2.96. The molecule has 5 nitrogen and oxygen atoms in total. The standard InChI is InChI=1S/C26H26N2O3/c1-3-31-23-13-11-20(12-14-23)25(29)27-17-19-9-10-22-15-18(2)28(24(22)16-19)26(30)21-7-5-4-6-8-21/h4-14,16,18H,3,15,17H2,1-2H3,(H,27,29)/t18-/m1/s1. The highest BCUT2D eigenvalue weighted by Gasteiger charge is 2.31. The van der Waals surface area contributed by atoms with Gasteiger partial charge in [-0.15, -0.1) is 0 Å². The van der Waals surface area contributed by atoms with Crippen molar-refractivity contribution in [3.8, 4) is 5.75 Å². The van der Waals surface area contributed by atoms with Crippen molar-refractivity contribution >= 4 is 17.5 Å². The van der Waals surface area contributed by atoms with Crippen molar-refractivity contribution in [2.24, 2.45) is 0 Å². The summed E-state index contributed by atoms with van der Waals surface area (Å²) in [6.07, 6.45) is 0.826. The van der Waals surface area contributed by atoms with E-state index in [0.717, 1.165) is 29.0 Å². The average Bonchev–Trinajstić information content (AvgIpc) is 3.13. The van der Waals surface area contributed by atoms with Crippen molar-refractivity contribution in [3.05, 3.63) is 95.1 Å². The van der Waals surface area contributed by atoms with Crippen LogP contribution in [0, 0.1) is 0 Å². The first-order valence-corrected chi connectivity index (χ1v) is 10.6. The molecule has 3 aromatic rings. The van der Waals surface area contributed by atoms with E-state index >= 15 is 0 Å². The minimum Gasteiger partial charge on any atom is -0.494 e. The molecule has 0 bridgehead atoms. The van der Waals surface area contributed by atoms with Gasteiger partial charge in [0, 0.05) is 29.4 Å². The first-order valence-electron chi connectivity index (χ1n) is 10.6. The van der Waals surface area contributed by atoms with E-state index in [4.69, 9.17) is 4.74 Å². The van der Waals surface area contributed by atoms with E-state index in [2.05, 4.69) is 18.3 Å². The van der Waals surface area contributed by atoms with Gasteiger partial charge < -0.3 is 15.0 Å². The third kappa shape index (κ3) is 4.45. The number of hydrogen-bond donors (Lipinski definition) is 1. The molecule has 2 amide bonds. The van der Waals surface area contributed by atoms with Crippen LogP contribution < -0.4 is 15.0 Å². The fourth-order valence-electron chi connectivity index (χ4n) is 3.95. The van der Waals surface area contributed by atoms with Crippen LogP contribution in [-0.2, 0) is 13.0 Å². The Labute approximate surface area is 182 Å². The second kappa shape index (κ2) is 9.04. The van der Waals surface area contributed by atoms with Gasteiger partial charge in [-0.2, -0.15) is 0 Å². The molecule has 0 spiro atoms. The normalized spacial score (nSPS) is 14.8. The van der Waals surface area contributed by atoms with E-state index in [-0.39, 0.29) is 17.9 Å². The Kier molecular flexibility index (Phi) is 6.03. The van der Waals surface area contributed by atoms with Gasteiger partial charge in [-0.25, -0.2) is 0 Å². The molecule has 0 saturated carbocycles. The first-order chi connectivity index (χ1) is 15.1. The summed E-state index contributed by atoms with van der Waals surface area (Å²) in [6.45, 7) is 4.97. The molecule has 1 aliphatic rings. The molecule has 1 N–H and O–H groups in total. The number of anilines is 1. The number of rotatable bonds is 6. The van der Waals surface area contributed by atoms with Crippen LogP contribution in [-0.4, -0.2) is 24.5 Å². The smallest absolute Gasteiger partial charge is 0.258 e. The molecule has 0 radical (unpaired) electrons. The van der Waals surface area contributed by atoms with Crippen molar-refractivity contribution in [2.75, 3.05) is 11.5 Å². The number of nitrogens with one attached hydrogen (secondary N) is 1. The molecule has 0 saturated heterocycles. The van der Waals surface area contributed by atoms with Crippen molar-refractivity contribution in [1.82, 2.24) is 5.32 Å². The number of benzene rings is 3. The fraction of sp³-hybridized carbons (Fsp3) is 0.231. The predicted octanol–water partition coefficient (Wildman–Crippen LogP) is 4.61. The van der Waals surface area contributed by atoms with Crippen LogP contribution in [0.15, 0.2) is 72.8 Å². The van der Waals surface area contributed by atoms with E-state index in [1.54, 1.807) is 24.3 Å². The van der Waals surface area contributed by atoms with Crippen LogP contribution in [0.25, 0.3) is 0 Å². The Hall–Kier alpha value is -3.60. The summed E-state index contributed by atoms with van der Waals surface area (Å²) in [5.74, 6) is 0.603. The van der Waals surface area contributed by atoms with E-state index in [1.807, 2.05) is 54.3 Å². The summed E-state index contributed by atoms with van der Waals surface area (Å²) in [6, 6.07) is 22.6. The Bertz CT molecular complexity index is 1080. The molecule has 1 heterocycles. The Balaban J connectivity index is 1.47. The number of nitrogens with zero attached hydrogens (tertiary/aromatic N) is 1. The number of amides is 2. The average molecular weight is 415 g/mol. The molecule has 3 aromatic carbocycles. The van der Waals surface area contributed by atoms with E-state index in [1.165, 1.54) is 0 Å². The fourth-order valence-corrected chi connectivity index (χ4v) is 3.95. The molecule has 1 atom stereocenters. The lowest BCUT2D eigenvalue weighted by atomic mass is 10.1. The van der Waals surface area contributed by atoms with Crippen LogP contribution in [0.4, 0.5) is 5.69 Å². The number of carbonyl (C=O) groups excluding carboxylic acids is 2. The summed E-state index contributed by atoms with van der Waals surface area (Å²) >= 11 is 0. The minimum atomic E-state index is -0.144. The van der Waals surface area contributed by atoms with Crippen molar-refractivity contribution in [3.63, 3.8) is 0 Å². The maximum absolute atomic E-state index is 13.1. The Morgan fingerprint density at radius 2 is 1.74 bits per heavy atom. The van der Waals surface area contributed by atoms with Gasteiger partial charge >= 0.3 is 0 Å². The van der Waals surface area contributed by atoms with Crippen molar-refractivity contribution < 1.29 is 14.3 Å². The van der Waals surface area contributed by atoms with Crippen LogP contribution in [0.2, 0.25) is 0 Å². The lowest BCUT2D eigenvalue weighted by Crippen LogP contribution is -2.35. The van der Waals surface area contributed by atoms with Crippen LogP contribution >= 0.6 is 0 Å². The summed E-state index contributed by atoms with van der Waals surface area (Å²) < 4.78 is 5.42. The predicted molar refractivity (Wildman–Crippen MR) is 122 cm³/mol. The van der Waals surface area contributed by atoms with Gasteiger partial charge in [-0.05, 0) is 73.9 Å². The van der Waals surface area contributed by atoms with Gasteiger partial charge in [0.15, 0.2) is 0 Å². The van der Waals surface area contributed by atoms with E-state index < -0.39 is 0 Å². The molecule has 31 heavy (non-hydrogen) atoms. The Morgan fingerprint density at radius 1 is 1.00 bits per heavy atom. The second-order valence-corrected chi connectivity index (χ2v) is 7.70. The summed E-state index contributed by atoms with van der Waals surface area (Å²) in [5.41, 5.74) is 4.29. The number of ether oxygens (including phenoxy) is 1. The first kappa shape index (κ1) is 20.7. The molecule has 0 unspecified atom stereocenters. The monoisotopic (exact) mass is 414 g/mol. The van der Waals surface area contributed by atoms with Crippen molar-refractivity contribution in [2.45, 2.75) is 32.9 Å². The van der Waals surface area contributed by atoms with E-state index in [0.29, 0.717) is 24.3 Å². The highest BCUT2D eigenvalue weighted by molar-refractivity contribution is 6.07. The number of hydrogen-bond acceptors (Lipinski definition) is 3. The maximum atomic E-state index is 13.1. The van der Waals surface area contributed by atoms with Gasteiger partial charge in [0.2, 0.25) is 0 Å². The molecule has 0 aromatic heterocycles. The SMILES string of the molecule is CCOc1ccc(C(=O)NCc2ccc3c(c2)N(C(=O)c2ccccc2)[C@H](C)C3)cc1. The molecular formula is C26H26N2O3. The van der Waals surface area contributed by atoms with Crippen LogP contribution in [0.3, 0.4) is 0 Å².